The maximum absolute atomic E-state index is 10.9. The number of halogens is 2. The van der Waals surface area contributed by atoms with Gasteiger partial charge in [0.25, 0.3) is 5.69 Å². The summed E-state index contributed by atoms with van der Waals surface area (Å²) in [5.41, 5.74) is 3.07. The van der Waals surface area contributed by atoms with Crippen LogP contribution in [0.2, 0.25) is 0 Å². The molecule has 4 nitrogen and oxygen atoms in total. The Morgan fingerprint density at radius 1 is 1.20 bits per heavy atom. The minimum Gasteiger partial charge on any atom is -0.381 e. The van der Waals surface area contributed by atoms with Gasteiger partial charge in [0.15, 0.2) is 0 Å². The zero-order chi connectivity index (χ0) is 14.7. The van der Waals surface area contributed by atoms with E-state index in [1.54, 1.807) is 12.1 Å². The normalized spacial score (nSPS) is 10.3. The summed E-state index contributed by atoms with van der Waals surface area (Å²) in [5.74, 6) is 0. The minimum absolute atomic E-state index is 0.0789. The van der Waals surface area contributed by atoms with Crippen molar-refractivity contribution >= 4 is 43.2 Å². The lowest BCUT2D eigenvalue weighted by Crippen LogP contribution is -2.02. The van der Waals surface area contributed by atoms with Gasteiger partial charge in [0, 0.05) is 22.8 Å². The number of nitrogens with zero attached hydrogens (tertiary/aromatic N) is 1. The molecule has 0 bridgehead atoms. The predicted molar refractivity (Wildman–Crippen MR) is 87.0 cm³/mol. The summed E-state index contributed by atoms with van der Waals surface area (Å²) in [6.07, 6.45) is 0. The molecule has 0 spiro atoms. The molecule has 0 aliphatic carbocycles. The first-order valence-corrected chi connectivity index (χ1v) is 7.49. The topological polar surface area (TPSA) is 55.2 Å². The number of hydrogen-bond donors (Lipinski definition) is 1. The Balaban J connectivity index is 2.17. The Kier molecular flexibility index (Phi) is 4.77. The Labute approximate surface area is 133 Å². The lowest BCUT2D eigenvalue weighted by molar-refractivity contribution is -0.385. The Hall–Kier alpha value is -1.40. The molecule has 0 fully saturated rings. The van der Waals surface area contributed by atoms with Crippen molar-refractivity contribution < 1.29 is 4.92 Å². The van der Waals surface area contributed by atoms with Crippen LogP contribution >= 0.6 is 31.9 Å². The number of rotatable bonds is 4. The van der Waals surface area contributed by atoms with E-state index >= 15 is 0 Å². The molecule has 2 rings (SSSR count). The molecule has 0 radical (unpaired) electrons. The van der Waals surface area contributed by atoms with Crippen LogP contribution in [0.5, 0.6) is 0 Å². The molecule has 104 valence electrons. The lowest BCUT2D eigenvalue weighted by Gasteiger charge is -2.10. The molecule has 0 unspecified atom stereocenters. The van der Waals surface area contributed by atoms with E-state index in [0.29, 0.717) is 11.0 Å². The molecule has 0 aliphatic rings. The largest absolute Gasteiger partial charge is 0.381 e. The van der Waals surface area contributed by atoms with E-state index in [9.17, 15) is 10.1 Å². The quantitative estimate of drug-likeness (QED) is 0.578. The van der Waals surface area contributed by atoms with E-state index in [2.05, 4.69) is 37.2 Å². The predicted octanol–water partition coefficient (Wildman–Crippen LogP) is 5.04. The molecule has 0 aliphatic heterocycles. The van der Waals surface area contributed by atoms with Crippen molar-refractivity contribution in [3.05, 3.63) is 66.6 Å². The molecule has 2 aromatic rings. The van der Waals surface area contributed by atoms with Crippen LogP contribution in [0.15, 0.2) is 45.3 Å². The molecule has 0 heterocycles. The summed E-state index contributed by atoms with van der Waals surface area (Å²) in [7, 11) is 0. The smallest absolute Gasteiger partial charge is 0.283 e. The molecule has 6 heteroatoms. The molecular weight excluding hydrogens is 388 g/mol. The molecule has 0 amide bonds. The molecule has 0 atom stereocenters. The van der Waals surface area contributed by atoms with Crippen LogP contribution in [0.4, 0.5) is 11.4 Å². The maximum atomic E-state index is 10.9. The lowest BCUT2D eigenvalue weighted by atomic mass is 10.1. The van der Waals surface area contributed by atoms with Gasteiger partial charge in [-0.05, 0) is 52.2 Å². The summed E-state index contributed by atoms with van der Waals surface area (Å²) in [4.78, 5) is 10.5. The number of nitro groups is 1. The number of aryl methyl sites for hydroxylation is 1. The monoisotopic (exact) mass is 398 g/mol. The Morgan fingerprint density at radius 3 is 2.65 bits per heavy atom. The molecule has 20 heavy (non-hydrogen) atoms. The van der Waals surface area contributed by atoms with Crippen LogP contribution in [-0.4, -0.2) is 4.92 Å². The van der Waals surface area contributed by atoms with Crippen LogP contribution in [0.25, 0.3) is 0 Å². The average molecular weight is 400 g/mol. The van der Waals surface area contributed by atoms with Gasteiger partial charge in [-0.2, -0.15) is 0 Å². The van der Waals surface area contributed by atoms with Crippen LogP contribution < -0.4 is 5.32 Å². The SMILES string of the molecule is Cc1ccc(Br)cc1NCc1ccc(Br)c([N+](=O)[O-])c1. The summed E-state index contributed by atoms with van der Waals surface area (Å²) < 4.78 is 1.48. The molecule has 0 aromatic heterocycles. The average Bonchev–Trinajstić information content (AvgIpc) is 2.41. The van der Waals surface area contributed by atoms with Crippen LogP contribution in [-0.2, 0) is 6.54 Å². The maximum Gasteiger partial charge on any atom is 0.283 e. The molecule has 0 saturated heterocycles. The van der Waals surface area contributed by atoms with E-state index in [1.165, 1.54) is 0 Å². The molecular formula is C14H12Br2N2O2. The second kappa shape index (κ2) is 6.37. The van der Waals surface area contributed by atoms with Gasteiger partial charge in [-0.25, -0.2) is 0 Å². The number of nitrogens with one attached hydrogen (secondary N) is 1. The second-order valence-corrected chi connectivity index (χ2v) is 6.13. The highest BCUT2D eigenvalue weighted by Crippen LogP contribution is 2.26. The van der Waals surface area contributed by atoms with Crippen molar-refractivity contribution in [2.75, 3.05) is 5.32 Å². The fourth-order valence-corrected chi connectivity index (χ4v) is 2.54. The van der Waals surface area contributed by atoms with Gasteiger partial charge in [-0.3, -0.25) is 10.1 Å². The fourth-order valence-electron chi connectivity index (χ4n) is 1.79. The summed E-state index contributed by atoms with van der Waals surface area (Å²) >= 11 is 6.61. The van der Waals surface area contributed by atoms with Crippen molar-refractivity contribution in [2.24, 2.45) is 0 Å². The highest BCUT2D eigenvalue weighted by Gasteiger charge is 2.12. The van der Waals surface area contributed by atoms with E-state index in [4.69, 9.17) is 0 Å². The highest BCUT2D eigenvalue weighted by atomic mass is 79.9. The van der Waals surface area contributed by atoms with Gasteiger partial charge in [-0.15, -0.1) is 0 Å². The fraction of sp³-hybridized carbons (Fsp3) is 0.143. The van der Waals surface area contributed by atoms with Crippen molar-refractivity contribution in [1.29, 1.82) is 0 Å². The van der Waals surface area contributed by atoms with Gasteiger partial charge in [-0.1, -0.05) is 28.1 Å². The number of benzene rings is 2. The van der Waals surface area contributed by atoms with Crippen molar-refractivity contribution in [3.63, 3.8) is 0 Å². The summed E-state index contributed by atoms with van der Waals surface area (Å²) in [6.45, 7) is 2.55. The first kappa shape index (κ1) is 15.0. The zero-order valence-electron chi connectivity index (χ0n) is 10.7. The van der Waals surface area contributed by atoms with E-state index in [1.807, 2.05) is 31.2 Å². The highest BCUT2D eigenvalue weighted by molar-refractivity contribution is 9.10. The second-order valence-electron chi connectivity index (χ2n) is 4.36. The van der Waals surface area contributed by atoms with Gasteiger partial charge >= 0.3 is 0 Å². The summed E-state index contributed by atoms with van der Waals surface area (Å²) in [6, 6.07) is 11.1. The van der Waals surface area contributed by atoms with Crippen LogP contribution in [0.1, 0.15) is 11.1 Å². The standard InChI is InChI=1S/C14H12Br2N2O2/c1-9-2-4-11(15)7-13(9)17-8-10-3-5-12(16)14(6-10)18(19)20/h2-7,17H,8H2,1H3. The third-order valence-electron chi connectivity index (χ3n) is 2.89. The van der Waals surface area contributed by atoms with Gasteiger partial charge < -0.3 is 5.32 Å². The molecule has 1 N–H and O–H groups in total. The third-order valence-corrected chi connectivity index (χ3v) is 4.05. The van der Waals surface area contributed by atoms with Gasteiger partial charge in [0.1, 0.15) is 0 Å². The molecule has 2 aromatic carbocycles. The van der Waals surface area contributed by atoms with E-state index in [0.717, 1.165) is 21.3 Å². The van der Waals surface area contributed by atoms with Crippen molar-refractivity contribution in [1.82, 2.24) is 0 Å². The van der Waals surface area contributed by atoms with Crippen LogP contribution in [0.3, 0.4) is 0 Å². The van der Waals surface area contributed by atoms with E-state index in [-0.39, 0.29) is 5.69 Å². The summed E-state index contributed by atoms with van der Waals surface area (Å²) in [5, 5.41) is 14.2. The van der Waals surface area contributed by atoms with E-state index < -0.39 is 4.92 Å². The first-order valence-electron chi connectivity index (χ1n) is 5.90. The third kappa shape index (κ3) is 3.58. The molecule has 0 saturated carbocycles. The number of nitro benzene ring substituents is 1. The minimum atomic E-state index is -0.391. The van der Waals surface area contributed by atoms with Gasteiger partial charge in [0.05, 0.1) is 9.40 Å². The van der Waals surface area contributed by atoms with Crippen LogP contribution in [0, 0.1) is 17.0 Å². The van der Waals surface area contributed by atoms with Crippen molar-refractivity contribution in [3.8, 4) is 0 Å². The Bertz CT molecular complexity index is 660. The van der Waals surface area contributed by atoms with Gasteiger partial charge in [0.2, 0.25) is 0 Å². The number of hydrogen-bond acceptors (Lipinski definition) is 3. The van der Waals surface area contributed by atoms with Crippen molar-refractivity contribution in [2.45, 2.75) is 13.5 Å². The first-order chi connectivity index (χ1) is 9.47. The Morgan fingerprint density at radius 2 is 1.95 bits per heavy atom. The number of anilines is 1. The zero-order valence-corrected chi connectivity index (χ0v) is 13.9.